The average Bonchev–Trinajstić information content (AvgIpc) is 2.98. The smallest absolute Gasteiger partial charge is 0.406 e. The van der Waals surface area contributed by atoms with Gasteiger partial charge in [0.1, 0.15) is 5.75 Å². The number of carbonyl (C=O) groups is 1. The van der Waals surface area contributed by atoms with Crippen LogP contribution in [0.15, 0.2) is 47.5 Å². The number of amides is 2. The molecule has 0 atom stereocenters. The predicted octanol–water partition coefficient (Wildman–Crippen LogP) is 6.81. The first kappa shape index (κ1) is 22.6. The summed E-state index contributed by atoms with van der Waals surface area (Å²) < 4.78 is 40.9. The van der Waals surface area contributed by atoms with Crippen LogP contribution in [0.1, 0.15) is 13.8 Å². The third-order valence-corrected chi connectivity index (χ3v) is 5.77. The first-order valence-electron chi connectivity index (χ1n) is 8.59. The van der Waals surface area contributed by atoms with Crippen molar-refractivity contribution < 1.29 is 22.7 Å². The highest BCUT2D eigenvalue weighted by Crippen LogP contribution is 2.36. The molecule has 0 radical (unpaired) electrons. The van der Waals surface area contributed by atoms with Gasteiger partial charge in [-0.25, -0.2) is 9.69 Å². The van der Waals surface area contributed by atoms with Crippen molar-refractivity contribution >= 4 is 57.5 Å². The Labute approximate surface area is 185 Å². The van der Waals surface area contributed by atoms with Crippen molar-refractivity contribution in [2.45, 2.75) is 25.0 Å². The van der Waals surface area contributed by atoms with Gasteiger partial charge in [0.05, 0.1) is 22.3 Å². The fraction of sp³-hybridized carbons (Fsp3) is 0.263. The lowest BCUT2D eigenvalue weighted by Gasteiger charge is -2.24. The van der Waals surface area contributed by atoms with Crippen LogP contribution in [0.5, 0.6) is 5.75 Å². The molecule has 1 aliphatic heterocycles. The largest absolute Gasteiger partial charge is 0.573 e. The summed E-state index contributed by atoms with van der Waals surface area (Å²) in [5.41, 5.74) is 0.727. The Balaban J connectivity index is 1.89. The molecule has 0 bridgehead atoms. The molecule has 0 saturated heterocycles. The number of anilines is 2. The second-order valence-corrected chi connectivity index (χ2v) is 9.39. The van der Waals surface area contributed by atoms with Gasteiger partial charge in [-0.1, -0.05) is 35.0 Å². The topological polar surface area (TPSA) is 53.9 Å². The molecular formula is C19H16Cl2F3N3O2S. The highest BCUT2D eigenvalue weighted by Gasteiger charge is 2.34. The van der Waals surface area contributed by atoms with E-state index in [4.69, 9.17) is 23.2 Å². The van der Waals surface area contributed by atoms with E-state index in [0.717, 1.165) is 12.1 Å². The van der Waals surface area contributed by atoms with Gasteiger partial charge in [0, 0.05) is 10.4 Å². The minimum Gasteiger partial charge on any atom is -0.406 e. The van der Waals surface area contributed by atoms with Crippen LogP contribution in [0.4, 0.5) is 29.3 Å². The monoisotopic (exact) mass is 477 g/mol. The summed E-state index contributed by atoms with van der Waals surface area (Å²) >= 11 is 13.3. The molecule has 2 aromatic rings. The molecule has 3 rings (SSSR count). The van der Waals surface area contributed by atoms with Gasteiger partial charge in [0.15, 0.2) is 5.17 Å². The van der Waals surface area contributed by atoms with Crippen LogP contribution in [0.3, 0.4) is 0 Å². The number of aliphatic imine (C=N–C) groups is 1. The van der Waals surface area contributed by atoms with Gasteiger partial charge in [0.2, 0.25) is 0 Å². The zero-order valence-electron chi connectivity index (χ0n) is 15.8. The first-order chi connectivity index (χ1) is 13.9. The molecule has 1 heterocycles. The lowest BCUT2D eigenvalue weighted by atomic mass is 10.2. The number of rotatable bonds is 3. The molecule has 2 aromatic carbocycles. The molecule has 160 valence electrons. The van der Waals surface area contributed by atoms with E-state index in [9.17, 15) is 18.0 Å². The molecule has 0 fully saturated rings. The summed E-state index contributed by atoms with van der Waals surface area (Å²) in [5, 5.41) is 3.73. The Morgan fingerprint density at radius 3 is 2.37 bits per heavy atom. The molecule has 0 aromatic heterocycles. The zero-order chi connectivity index (χ0) is 22.1. The number of urea groups is 1. The van der Waals surface area contributed by atoms with Gasteiger partial charge in [-0.15, -0.1) is 13.2 Å². The van der Waals surface area contributed by atoms with Crippen molar-refractivity contribution in [3.8, 4) is 5.75 Å². The molecular weight excluding hydrogens is 462 g/mol. The van der Waals surface area contributed by atoms with Gasteiger partial charge in [-0.2, -0.15) is 0 Å². The van der Waals surface area contributed by atoms with Crippen LogP contribution in [-0.4, -0.2) is 28.9 Å². The Bertz CT molecular complexity index is 982. The lowest BCUT2D eigenvalue weighted by molar-refractivity contribution is -0.274. The molecule has 1 aliphatic rings. The minimum absolute atomic E-state index is 0.225. The van der Waals surface area contributed by atoms with Crippen molar-refractivity contribution in [3.63, 3.8) is 0 Å². The van der Waals surface area contributed by atoms with E-state index < -0.39 is 18.1 Å². The van der Waals surface area contributed by atoms with Gasteiger partial charge in [-0.3, -0.25) is 4.99 Å². The Kier molecular flexibility index (Phi) is 6.45. The fourth-order valence-corrected chi connectivity index (χ4v) is 3.88. The van der Waals surface area contributed by atoms with Crippen molar-refractivity contribution in [1.82, 2.24) is 0 Å². The van der Waals surface area contributed by atoms with Gasteiger partial charge >= 0.3 is 12.4 Å². The Morgan fingerprint density at radius 1 is 1.17 bits per heavy atom. The molecule has 1 N–H and O–H groups in total. The number of nitrogens with zero attached hydrogens (tertiary/aromatic N) is 2. The molecule has 0 spiro atoms. The normalized spacial score (nSPS) is 15.5. The van der Waals surface area contributed by atoms with E-state index >= 15 is 0 Å². The second kappa shape index (κ2) is 8.56. The van der Waals surface area contributed by atoms with Crippen LogP contribution >= 0.6 is 35.0 Å². The van der Waals surface area contributed by atoms with Crippen LogP contribution in [0.25, 0.3) is 0 Å². The third-order valence-electron chi connectivity index (χ3n) is 3.86. The standard InChI is InChI=1S/C19H16Cl2F3N3O2S/c1-18(2)10-25-17(30-18)27(12-4-6-13(7-5-12)29-19(22,23)24)16(28)26-11-3-8-14(20)15(21)9-11/h3-9H,10H2,1-2H3,(H,26,28). The third kappa shape index (κ3) is 5.74. The number of carbonyl (C=O) groups excluding carboxylic acids is 1. The highest BCUT2D eigenvalue weighted by molar-refractivity contribution is 8.15. The number of halogens is 5. The number of nitrogens with one attached hydrogen (secondary N) is 1. The predicted molar refractivity (Wildman–Crippen MR) is 115 cm³/mol. The molecule has 30 heavy (non-hydrogen) atoms. The average molecular weight is 478 g/mol. The van der Waals surface area contributed by atoms with Crippen LogP contribution in [0, 0.1) is 0 Å². The van der Waals surface area contributed by atoms with E-state index in [0.29, 0.717) is 28.1 Å². The van der Waals surface area contributed by atoms with Crippen LogP contribution < -0.4 is 15.0 Å². The number of benzene rings is 2. The van der Waals surface area contributed by atoms with E-state index in [2.05, 4.69) is 15.0 Å². The number of alkyl halides is 3. The molecule has 0 unspecified atom stereocenters. The molecule has 2 amide bonds. The van der Waals surface area contributed by atoms with Gasteiger partial charge in [0.25, 0.3) is 0 Å². The van der Waals surface area contributed by atoms with Crippen molar-refractivity contribution in [2.24, 2.45) is 4.99 Å². The number of amidine groups is 1. The molecule has 11 heteroatoms. The number of hydrogen-bond donors (Lipinski definition) is 1. The van der Waals surface area contributed by atoms with Crippen molar-refractivity contribution in [2.75, 3.05) is 16.8 Å². The number of thioether (sulfide) groups is 1. The van der Waals surface area contributed by atoms with Crippen LogP contribution in [0.2, 0.25) is 10.0 Å². The molecule has 0 aliphatic carbocycles. The second-order valence-electron chi connectivity index (χ2n) is 6.90. The number of hydrogen-bond acceptors (Lipinski definition) is 4. The van der Waals surface area contributed by atoms with E-state index in [-0.39, 0.29) is 9.77 Å². The van der Waals surface area contributed by atoms with E-state index in [1.165, 1.54) is 40.9 Å². The van der Waals surface area contributed by atoms with Crippen LogP contribution in [-0.2, 0) is 0 Å². The summed E-state index contributed by atoms with van der Waals surface area (Å²) in [7, 11) is 0. The van der Waals surface area contributed by atoms with Crippen molar-refractivity contribution in [3.05, 3.63) is 52.5 Å². The van der Waals surface area contributed by atoms with E-state index in [1.54, 1.807) is 6.07 Å². The summed E-state index contributed by atoms with van der Waals surface area (Å²) in [6.45, 7) is 4.44. The van der Waals surface area contributed by atoms with Crippen molar-refractivity contribution in [1.29, 1.82) is 0 Å². The van der Waals surface area contributed by atoms with Gasteiger partial charge < -0.3 is 10.1 Å². The number of ether oxygens (including phenoxy) is 1. The van der Waals surface area contributed by atoms with Gasteiger partial charge in [-0.05, 0) is 56.3 Å². The lowest BCUT2D eigenvalue weighted by Crippen LogP contribution is -2.38. The maximum Gasteiger partial charge on any atom is 0.573 e. The first-order valence-corrected chi connectivity index (χ1v) is 10.2. The maximum atomic E-state index is 13.1. The van der Waals surface area contributed by atoms with E-state index in [1.807, 2.05) is 13.8 Å². The molecule has 5 nitrogen and oxygen atoms in total. The summed E-state index contributed by atoms with van der Waals surface area (Å²) in [6.07, 6.45) is -4.80. The molecule has 0 saturated carbocycles. The summed E-state index contributed by atoms with van der Waals surface area (Å²) in [4.78, 5) is 18.8. The quantitative estimate of drug-likeness (QED) is 0.527. The maximum absolute atomic E-state index is 13.1. The summed E-state index contributed by atoms with van der Waals surface area (Å²) in [5.74, 6) is -0.391. The fourth-order valence-electron chi connectivity index (χ4n) is 2.55. The minimum atomic E-state index is -4.80. The highest BCUT2D eigenvalue weighted by atomic mass is 35.5. The Hall–Kier alpha value is -2.10. The summed E-state index contributed by atoms with van der Waals surface area (Å²) in [6, 6.07) is 9.03. The zero-order valence-corrected chi connectivity index (χ0v) is 18.1. The SMILES string of the molecule is CC1(C)CN=C(N(C(=O)Nc2ccc(Cl)c(Cl)c2)c2ccc(OC(F)(F)F)cc2)S1. The Morgan fingerprint density at radius 2 is 1.83 bits per heavy atom.